The summed E-state index contributed by atoms with van der Waals surface area (Å²) in [6.07, 6.45) is 0.509. The molecule has 0 fully saturated rings. The number of hydrogen-bond donors (Lipinski definition) is 1. The lowest BCUT2D eigenvalue weighted by molar-refractivity contribution is -0.115. The molecule has 0 aliphatic carbocycles. The van der Waals surface area contributed by atoms with Crippen molar-refractivity contribution in [2.75, 3.05) is 0 Å². The average molecular weight is 227 g/mol. The number of hydroxylamine groups is 1. The second-order valence-corrected chi connectivity index (χ2v) is 3.70. The van der Waals surface area contributed by atoms with Crippen molar-refractivity contribution in [2.45, 2.75) is 6.92 Å². The van der Waals surface area contributed by atoms with Crippen molar-refractivity contribution in [3.8, 4) is 16.9 Å². The molecule has 2 rings (SSSR count). The maximum atomic E-state index is 10.3. The van der Waals surface area contributed by atoms with Gasteiger partial charge in [-0.25, -0.2) is 0 Å². The van der Waals surface area contributed by atoms with Crippen LogP contribution in [0.1, 0.15) is 5.56 Å². The number of carbonyl (C=O) groups is 1. The van der Waals surface area contributed by atoms with E-state index in [1.807, 2.05) is 55.5 Å². The van der Waals surface area contributed by atoms with Gasteiger partial charge in [-0.15, -0.1) is 0 Å². The minimum atomic E-state index is 0.509. The first-order valence-electron chi connectivity index (χ1n) is 5.33. The van der Waals surface area contributed by atoms with Crippen molar-refractivity contribution in [3.63, 3.8) is 0 Å². The van der Waals surface area contributed by atoms with Gasteiger partial charge in [0.15, 0.2) is 5.75 Å². The largest absolute Gasteiger partial charge is 0.379 e. The van der Waals surface area contributed by atoms with E-state index in [9.17, 15) is 4.79 Å². The highest BCUT2D eigenvalue weighted by atomic mass is 16.7. The van der Waals surface area contributed by atoms with E-state index in [1.54, 1.807) is 0 Å². The zero-order valence-electron chi connectivity index (χ0n) is 9.51. The Hall–Kier alpha value is -2.29. The Bertz CT molecular complexity index is 509. The van der Waals surface area contributed by atoms with Gasteiger partial charge >= 0.3 is 0 Å². The van der Waals surface area contributed by atoms with Gasteiger partial charge in [-0.3, -0.25) is 4.79 Å². The van der Waals surface area contributed by atoms with E-state index in [0.29, 0.717) is 12.2 Å². The molecule has 3 nitrogen and oxygen atoms in total. The van der Waals surface area contributed by atoms with Gasteiger partial charge < -0.3 is 4.84 Å². The van der Waals surface area contributed by atoms with Crippen molar-refractivity contribution < 1.29 is 9.63 Å². The van der Waals surface area contributed by atoms with E-state index >= 15 is 0 Å². The number of nitrogens with one attached hydrogen (secondary N) is 1. The van der Waals surface area contributed by atoms with Gasteiger partial charge in [-0.1, -0.05) is 42.0 Å². The normalized spacial score (nSPS) is 9.71. The van der Waals surface area contributed by atoms with E-state index in [2.05, 4.69) is 5.48 Å². The summed E-state index contributed by atoms with van der Waals surface area (Å²) in [5, 5.41) is 0. The van der Waals surface area contributed by atoms with E-state index in [4.69, 9.17) is 4.84 Å². The van der Waals surface area contributed by atoms with Crippen molar-refractivity contribution in [1.29, 1.82) is 0 Å². The molecule has 0 aliphatic heterocycles. The van der Waals surface area contributed by atoms with E-state index in [1.165, 1.54) is 0 Å². The fourth-order valence-corrected chi connectivity index (χ4v) is 1.66. The highest BCUT2D eigenvalue weighted by Crippen LogP contribution is 2.30. The van der Waals surface area contributed by atoms with Gasteiger partial charge in [-0.05, 0) is 24.6 Å². The Morgan fingerprint density at radius 2 is 1.88 bits per heavy atom. The molecule has 0 aromatic heterocycles. The number of amides is 1. The van der Waals surface area contributed by atoms with E-state index < -0.39 is 0 Å². The second-order valence-electron chi connectivity index (χ2n) is 3.70. The second kappa shape index (κ2) is 5.16. The number of aryl methyl sites for hydroxylation is 1. The summed E-state index contributed by atoms with van der Waals surface area (Å²) in [6, 6.07) is 15.7. The zero-order valence-corrected chi connectivity index (χ0v) is 9.51. The highest BCUT2D eigenvalue weighted by Gasteiger charge is 2.06. The molecule has 1 amide bonds. The van der Waals surface area contributed by atoms with Crippen LogP contribution in [0.3, 0.4) is 0 Å². The monoisotopic (exact) mass is 227 g/mol. The molecule has 0 saturated heterocycles. The first-order chi connectivity index (χ1) is 8.31. The van der Waals surface area contributed by atoms with Gasteiger partial charge in [0.2, 0.25) is 6.41 Å². The third kappa shape index (κ3) is 2.64. The Balaban J connectivity index is 2.43. The molecular formula is C14H13NO2. The zero-order chi connectivity index (χ0) is 12.1. The van der Waals surface area contributed by atoms with Gasteiger partial charge in [0.25, 0.3) is 0 Å². The van der Waals surface area contributed by atoms with Crippen LogP contribution in [0, 0.1) is 6.92 Å². The van der Waals surface area contributed by atoms with Crippen LogP contribution in [0.4, 0.5) is 0 Å². The molecule has 0 bridgehead atoms. The van der Waals surface area contributed by atoms with Gasteiger partial charge in [0.1, 0.15) is 0 Å². The summed E-state index contributed by atoms with van der Waals surface area (Å²) in [5.74, 6) is 0.633. The Labute approximate surface area is 100.0 Å². The minimum Gasteiger partial charge on any atom is -0.379 e. The lowest BCUT2D eigenvalue weighted by Crippen LogP contribution is -2.15. The molecule has 1 N–H and O–H groups in total. The SMILES string of the molecule is Cc1ccc(ONC=O)c(-c2ccccc2)c1. The van der Waals surface area contributed by atoms with Crippen LogP contribution in [0.2, 0.25) is 0 Å². The van der Waals surface area contributed by atoms with Crippen molar-refractivity contribution in [1.82, 2.24) is 5.48 Å². The Morgan fingerprint density at radius 3 is 2.59 bits per heavy atom. The maximum absolute atomic E-state index is 10.3. The molecule has 17 heavy (non-hydrogen) atoms. The number of carbonyl (C=O) groups excluding carboxylic acids is 1. The molecule has 0 atom stereocenters. The molecule has 0 heterocycles. The summed E-state index contributed by atoms with van der Waals surface area (Å²) in [4.78, 5) is 15.4. The van der Waals surface area contributed by atoms with Crippen LogP contribution < -0.4 is 10.3 Å². The van der Waals surface area contributed by atoms with Gasteiger partial charge in [-0.2, -0.15) is 5.48 Å². The molecule has 0 saturated carbocycles. The molecule has 86 valence electrons. The molecular weight excluding hydrogens is 214 g/mol. The molecule has 2 aromatic carbocycles. The van der Waals surface area contributed by atoms with Crippen LogP contribution in [-0.4, -0.2) is 6.41 Å². The van der Waals surface area contributed by atoms with Crippen LogP contribution in [0.25, 0.3) is 11.1 Å². The topological polar surface area (TPSA) is 38.3 Å². The van der Waals surface area contributed by atoms with Crippen molar-refractivity contribution in [3.05, 3.63) is 54.1 Å². The lowest BCUT2D eigenvalue weighted by Gasteiger charge is -2.10. The molecule has 0 radical (unpaired) electrons. The molecule has 2 aromatic rings. The van der Waals surface area contributed by atoms with Crippen LogP contribution >= 0.6 is 0 Å². The lowest BCUT2D eigenvalue weighted by atomic mass is 10.0. The fourth-order valence-electron chi connectivity index (χ4n) is 1.66. The maximum Gasteiger partial charge on any atom is 0.239 e. The average Bonchev–Trinajstić information content (AvgIpc) is 2.38. The van der Waals surface area contributed by atoms with Crippen molar-refractivity contribution in [2.24, 2.45) is 0 Å². The summed E-state index contributed by atoms with van der Waals surface area (Å²) >= 11 is 0. The van der Waals surface area contributed by atoms with Gasteiger partial charge in [0.05, 0.1) is 0 Å². The summed E-state index contributed by atoms with van der Waals surface area (Å²) in [5.41, 5.74) is 5.37. The van der Waals surface area contributed by atoms with Crippen LogP contribution in [-0.2, 0) is 4.79 Å². The number of rotatable bonds is 4. The first-order valence-corrected chi connectivity index (χ1v) is 5.33. The highest BCUT2D eigenvalue weighted by molar-refractivity contribution is 5.71. The molecule has 3 heteroatoms. The fraction of sp³-hybridized carbons (Fsp3) is 0.0714. The Kier molecular flexibility index (Phi) is 3.40. The predicted octanol–water partition coefficient (Wildman–Crippen LogP) is 2.70. The number of hydrogen-bond acceptors (Lipinski definition) is 2. The summed E-state index contributed by atoms with van der Waals surface area (Å²) < 4.78 is 0. The molecule has 0 spiro atoms. The molecule has 0 aliphatic rings. The quantitative estimate of drug-likeness (QED) is 0.644. The number of benzene rings is 2. The summed E-state index contributed by atoms with van der Waals surface area (Å²) in [6.45, 7) is 2.02. The standard InChI is InChI=1S/C14H13NO2/c1-11-7-8-14(17-15-10-16)13(9-11)12-5-3-2-4-6-12/h2-10H,1H3,(H,15,16). The van der Waals surface area contributed by atoms with Crippen molar-refractivity contribution >= 4 is 6.41 Å². The summed E-state index contributed by atoms with van der Waals surface area (Å²) in [7, 11) is 0. The van der Waals surface area contributed by atoms with Crippen LogP contribution in [0.5, 0.6) is 5.75 Å². The minimum absolute atomic E-state index is 0.509. The molecule has 0 unspecified atom stereocenters. The third-order valence-corrected chi connectivity index (χ3v) is 2.44. The smallest absolute Gasteiger partial charge is 0.239 e. The first kappa shape index (κ1) is 11.2. The van der Waals surface area contributed by atoms with E-state index in [0.717, 1.165) is 16.7 Å². The predicted molar refractivity (Wildman–Crippen MR) is 66.4 cm³/mol. The van der Waals surface area contributed by atoms with Crippen LogP contribution in [0.15, 0.2) is 48.5 Å². The Morgan fingerprint density at radius 1 is 1.12 bits per heavy atom. The third-order valence-electron chi connectivity index (χ3n) is 2.44. The van der Waals surface area contributed by atoms with E-state index in [-0.39, 0.29) is 0 Å². The van der Waals surface area contributed by atoms with Gasteiger partial charge in [0, 0.05) is 5.56 Å².